The molecule has 1 unspecified atom stereocenters. The molecule has 0 radical (unpaired) electrons. The van der Waals surface area contributed by atoms with Gasteiger partial charge in [0.1, 0.15) is 0 Å². The Balaban J connectivity index is 2.56. The molecule has 1 aliphatic rings. The highest BCUT2D eigenvalue weighted by Crippen LogP contribution is 2.25. The van der Waals surface area contributed by atoms with Crippen LogP contribution in [0.3, 0.4) is 0 Å². The minimum Gasteiger partial charge on any atom is -0.295 e. The lowest BCUT2D eigenvalue weighted by atomic mass is 9.97. The summed E-state index contributed by atoms with van der Waals surface area (Å²) >= 11 is 0. The van der Waals surface area contributed by atoms with E-state index in [1.165, 1.54) is 4.90 Å². The lowest BCUT2D eigenvalue weighted by molar-refractivity contribution is -0.157. The van der Waals surface area contributed by atoms with E-state index < -0.39 is 12.7 Å². The van der Waals surface area contributed by atoms with Gasteiger partial charge in [0.2, 0.25) is 0 Å². The van der Waals surface area contributed by atoms with Crippen LogP contribution in [0, 0.1) is 0 Å². The van der Waals surface area contributed by atoms with E-state index in [0.717, 1.165) is 19.5 Å². The van der Waals surface area contributed by atoms with Crippen molar-refractivity contribution in [2.45, 2.75) is 51.9 Å². The topological polar surface area (TPSA) is 6.48 Å². The Labute approximate surface area is 102 Å². The van der Waals surface area contributed by atoms with Gasteiger partial charge in [-0.3, -0.25) is 9.80 Å². The maximum absolute atomic E-state index is 12.4. The molecule has 102 valence electrons. The molecule has 5 heteroatoms. The molecular weight excluding hydrogens is 229 g/mol. The lowest BCUT2D eigenvalue weighted by Crippen LogP contribution is -2.59. The van der Waals surface area contributed by atoms with Crippen LogP contribution in [0.5, 0.6) is 0 Å². The molecule has 0 aromatic rings. The summed E-state index contributed by atoms with van der Waals surface area (Å²) in [4.78, 5) is 3.83. The second-order valence-corrected chi connectivity index (χ2v) is 5.55. The van der Waals surface area contributed by atoms with Crippen LogP contribution in [0.4, 0.5) is 13.2 Å². The van der Waals surface area contributed by atoms with Crippen molar-refractivity contribution in [3.8, 4) is 0 Å². The maximum Gasteiger partial charge on any atom is 0.401 e. The summed E-state index contributed by atoms with van der Waals surface area (Å²) in [5, 5.41) is 0. The molecule has 0 bridgehead atoms. The second-order valence-electron chi connectivity index (χ2n) is 5.55. The third-order valence-corrected chi connectivity index (χ3v) is 3.87. The molecule has 2 nitrogen and oxygen atoms in total. The average Bonchev–Trinajstić information content (AvgIpc) is 2.19. The average molecular weight is 252 g/mol. The van der Waals surface area contributed by atoms with E-state index in [-0.39, 0.29) is 11.6 Å². The fourth-order valence-electron chi connectivity index (χ4n) is 2.23. The van der Waals surface area contributed by atoms with Gasteiger partial charge < -0.3 is 0 Å². The van der Waals surface area contributed by atoms with E-state index in [9.17, 15) is 13.2 Å². The molecule has 0 spiro atoms. The summed E-state index contributed by atoms with van der Waals surface area (Å²) in [5.41, 5.74) is 0.0819. The van der Waals surface area contributed by atoms with Crippen LogP contribution in [-0.2, 0) is 0 Å². The fourth-order valence-corrected chi connectivity index (χ4v) is 2.23. The van der Waals surface area contributed by atoms with Gasteiger partial charge in [0.05, 0.1) is 6.54 Å². The van der Waals surface area contributed by atoms with E-state index in [4.69, 9.17) is 0 Å². The third kappa shape index (κ3) is 4.14. The zero-order valence-electron chi connectivity index (χ0n) is 11.1. The number of halogens is 3. The molecule has 0 amide bonds. The summed E-state index contributed by atoms with van der Waals surface area (Å²) in [7, 11) is 0. The third-order valence-electron chi connectivity index (χ3n) is 3.87. The quantitative estimate of drug-likeness (QED) is 0.762. The first-order valence-corrected chi connectivity index (χ1v) is 6.21. The Hall–Kier alpha value is -0.290. The van der Waals surface area contributed by atoms with Gasteiger partial charge >= 0.3 is 6.18 Å². The molecule has 0 N–H and O–H groups in total. The largest absolute Gasteiger partial charge is 0.401 e. The Morgan fingerprint density at radius 3 is 2.18 bits per heavy atom. The number of rotatable bonds is 3. The highest BCUT2D eigenvalue weighted by Gasteiger charge is 2.37. The number of hydrogen-bond acceptors (Lipinski definition) is 2. The van der Waals surface area contributed by atoms with E-state index in [0.29, 0.717) is 6.54 Å². The Kier molecular flexibility index (Phi) is 4.47. The Bertz CT molecular complexity index is 251. The second kappa shape index (κ2) is 5.14. The highest BCUT2D eigenvalue weighted by molar-refractivity contribution is 4.88. The van der Waals surface area contributed by atoms with Crippen LogP contribution in [0.2, 0.25) is 0 Å². The van der Waals surface area contributed by atoms with Crippen molar-refractivity contribution in [3.05, 3.63) is 0 Å². The van der Waals surface area contributed by atoms with E-state index in [1.807, 2.05) is 6.92 Å². The molecule has 1 heterocycles. The van der Waals surface area contributed by atoms with Crippen LogP contribution in [0.1, 0.15) is 34.1 Å². The molecule has 1 atom stereocenters. The van der Waals surface area contributed by atoms with Crippen molar-refractivity contribution in [2.24, 2.45) is 0 Å². The minimum absolute atomic E-state index is 0.0313. The predicted octanol–water partition coefficient (Wildman–Crippen LogP) is 2.74. The molecule has 1 fully saturated rings. The van der Waals surface area contributed by atoms with Crippen molar-refractivity contribution >= 4 is 0 Å². The summed E-state index contributed by atoms with van der Waals surface area (Å²) < 4.78 is 37.1. The molecule has 1 saturated heterocycles. The smallest absolute Gasteiger partial charge is 0.295 e. The van der Waals surface area contributed by atoms with E-state index in [1.54, 1.807) is 0 Å². The molecule has 17 heavy (non-hydrogen) atoms. The first-order valence-electron chi connectivity index (χ1n) is 6.21. The predicted molar refractivity (Wildman–Crippen MR) is 63.0 cm³/mol. The fraction of sp³-hybridized carbons (Fsp3) is 1.00. The van der Waals surface area contributed by atoms with Gasteiger partial charge in [-0.2, -0.15) is 13.2 Å². The number of piperazine rings is 1. The highest BCUT2D eigenvalue weighted by atomic mass is 19.4. The molecule has 0 aromatic carbocycles. The maximum atomic E-state index is 12.4. The number of hydrogen-bond donors (Lipinski definition) is 0. The van der Waals surface area contributed by atoms with Crippen molar-refractivity contribution in [1.29, 1.82) is 0 Å². The standard InChI is InChI=1S/C12H23F3N2/c1-5-11(3,4)17-7-6-16(10(2)8-17)9-12(13,14)15/h10H,5-9H2,1-4H3. The van der Waals surface area contributed by atoms with Gasteiger partial charge in [-0.15, -0.1) is 0 Å². The van der Waals surface area contributed by atoms with Gasteiger partial charge in [-0.25, -0.2) is 0 Å². The molecule has 0 aromatic heterocycles. The minimum atomic E-state index is -4.09. The normalized spacial score (nSPS) is 25.2. The SMILES string of the molecule is CCC(C)(C)N1CCN(CC(F)(F)F)C(C)C1. The summed E-state index contributed by atoms with van der Waals surface area (Å²) in [5.74, 6) is 0. The zero-order valence-corrected chi connectivity index (χ0v) is 11.1. The lowest BCUT2D eigenvalue weighted by Gasteiger charge is -2.47. The van der Waals surface area contributed by atoms with Gasteiger partial charge in [0, 0.05) is 31.2 Å². The van der Waals surface area contributed by atoms with Crippen LogP contribution in [0.15, 0.2) is 0 Å². The number of nitrogens with zero attached hydrogens (tertiary/aromatic N) is 2. The molecule has 1 aliphatic heterocycles. The van der Waals surface area contributed by atoms with Crippen molar-refractivity contribution < 1.29 is 13.2 Å². The van der Waals surface area contributed by atoms with Gasteiger partial charge in [0.15, 0.2) is 0 Å². The van der Waals surface area contributed by atoms with E-state index in [2.05, 4.69) is 25.7 Å². The monoisotopic (exact) mass is 252 g/mol. The summed E-state index contributed by atoms with van der Waals surface area (Å²) in [6, 6.07) is -0.0313. The first kappa shape index (κ1) is 14.8. The van der Waals surface area contributed by atoms with Crippen LogP contribution in [-0.4, -0.2) is 53.7 Å². The molecule has 0 saturated carbocycles. The van der Waals surface area contributed by atoms with Gasteiger partial charge in [-0.1, -0.05) is 6.92 Å². The first-order chi connectivity index (χ1) is 7.65. The van der Waals surface area contributed by atoms with Crippen molar-refractivity contribution in [2.75, 3.05) is 26.2 Å². The molecular formula is C12H23F3N2. The molecule has 1 rings (SSSR count). The summed E-state index contributed by atoms with van der Waals surface area (Å²) in [6.45, 7) is 9.46. The van der Waals surface area contributed by atoms with Crippen molar-refractivity contribution in [3.63, 3.8) is 0 Å². The van der Waals surface area contributed by atoms with E-state index >= 15 is 0 Å². The van der Waals surface area contributed by atoms with Crippen LogP contribution in [0.25, 0.3) is 0 Å². The number of alkyl halides is 3. The van der Waals surface area contributed by atoms with Gasteiger partial charge in [0.25, 0.3) is 0 Å². The summed E-state index contributed by atoms with van der Waals surface area (Å²) in [6.07, 6.45) is -3.07. The Morgan fingerprint density at radius 2 is 1.76 bits per heavy atom. The zero-order chi connectivity index (χ0) is 13.3. The Morgan fingerprint density at radius 1 is 1.18 bits per heavy atom. The van der Waals surface area contributed by atoms with Crippen LogP contribution < -0.4 is 0 Å². The van der Waals surface area contributed by atoms with Gasteiger partial charge in [-0.05, 0) is 27.2 Å². The van der Waals surface area contributed by atoms with Crippen molar-refractivity contribution in [1.82, 2.24) is 9.80 Å². The van der Waals surface area contributed by atoms with Crippen LogP contribution >= 0.6 is 0 Å². The molecule has 0 aliphatic carbocycles.